The number of hydrogen-bond acceptors (Lipinski definition) is 1. The van der Waals surface area contributed by atoms with Crippen LogP contribution in [0.5, 0.6) is 5.75 Å². The van der Waals surface area contributed by atoms with E-state index in [1.54, 1.807) is 0 Å². The van der Waals surface area contributed by atoms with Crippen molar-refractivity contribution < 1.29 is 4.74 Å². The number of aryl methyl sites for hydroxylation is 1. The molecule has 0 N–H and O–H groups in total. The lowest BCUT2D eigenvalue weighted by Gasteiger charge is -2.07. The van der Waals surface area contributed by atoms with Gasteiger partial charge in [-0.15, -0.1) is 6.42 Å². The molecule has 0 unspecified atom stereocenters. The van der Waals surface area contributed by atoms with E-state index < -0.39 is 0 Å². The van der Waals surface area contributed by atoms with Crippen LogP contribution >= 0.6 is 0 Å². The fraction of sp³-hybridized carbons (Fsp3) is 0.125. The first-order chi connectivity index (χ1) is 8.29. The molecule has 0 spiro atoms. The Labute approximate surface area is 102 Å². The average molecular weight is 222 g/mol. The van der Waals surface area contributed by atoms with Crippen molar-refractivity contribution in [3.8, 4) is 18.1 Å². The van der Waals surface area contributed by atoms with Crippen molar-refractivity contribution in [3.05, 3.63) is 65.2 Å². The molecule has 0 heterocycles. The lowest BCUT2D eigenvalue weighted by Crippen LogP contribution is -1.95. The van der Waals surface area contributed by atoms with Crippen LogP contribution < -0.4 is 4.74 Å². The second-order valence-corrected chi connectivity index (χ2v) is 3.90. The van der Waals surface area contributed by atoms with Gasteiger partial charge in [0.15, 0.2) is 0 Å². The monoisotopic (exact) mass is 222 g/mol. The zero-order valence-corrected chi connectivity index (χ0v) is 9.81. The van der Waals surface area contributed by atoms with Gasteiger partial charge in [-0.05, 0) is 36.2 Å². The average Bonchev–Trinajstić information content (AvgIpc) is 2.38. The normalized spacial score (nSPS) is 9.65. The maximum absolute atomic E-state index is 5.70. The highest BCUT2D eigenvalue weighted by atomic mass is 16.5. The lowest BCUT2D eigenvalue weighted by molar-refractivity contribution is 0.306. The molecule has 0 aliphatic rings. The standard InChI is InChI=1S/C16H14O/c1-3-15-9-10-16(11-13(15)2)17-12-14-7-5-4-6-8-14/h1,4-11H,12H2,2H3. The number of benzene rings is 2. The summed E-state index contributed by atoms with van der Waals surface area (Å²) in [4.78, 5) is 0. The third-order valence-electron chi connectivity index (χ3n) is 2.60. The number of hydrogen-bond donors (Lipinski definition) is 0. The molecular weight excluding hydrogens is 208 g/mol. The van der Waals surface area contributed by atoms with Crippen molar-refractivity contribution in [2.24, 2.45) is 0 Å². The molecule has 17 heavy (non-hydrogen) atoms. The molecule has 1 heteroatoms. The van der Waals surface area contributed by atoms with Crippen molar-refractivity contribution in [1.82, 2.24) is 0 Å². The summed E-state index contributed by atoms with van der Waals surface area (Å²) in [5.74, 6) is 3.49. The van der Waals surface area contributed by atoms with Gasteiger partial charge >= 0.3 is 0 Å². The molecule has 0 saturated carbocycles. The Morgan fingerprint density at radius 2 is 1.88 bits per heavy atom. The van der Waals surface area contributed by atoms with Crippen molar-refractivity contribution in [2.45, 2.75) is 13.5 Å². The minimum Gasteiger partial charge on any atom is -0.489 e. The maximum Gasteiger partial charge on any atom is 0.120 e. The molecule has 0 saturated heterocycles. The zero-order chi connectivity index (χ0) is 12.1. The quantitative estimate of drug-likeness (QED) is 0.721. The van der Waals surface area contributed by atoms with E-state index in [0.29, 0.717) is 6.61 Å². The fourth-order valence-corrected chi connectivity index (χ4v) is 1.63. The SMILES string of the molecule is C#Cc1ccc(OCc2ccccc2)cc1C. The highest BCUT2D eigenvalue weighted by molar-refractivity contribution is 5.43. The summed E-state index contributed by atoms with van der Waals surface area (Å²) in [7, 11) is 0. The number of terminal acetylenes is 1. The Bertz CT molecular complexity index is 535. The van der Waals surface area contributed by atoms with E-state index in [1.807, 2.05) is 55.5 Å². The van der Waals surface area contributed by atoms with Crippen LogP contribution in [0.2, 0.25) is 0 Å². The van der Waals surface area contributed by atoms with Crippen LogP contribution in [0, 0.1) is 19.3 Å². The first kappa shape index (κ1) is 11.3. The van der Waals surface area contributed by atoms with E-state index in [2.05, 4.69) is 5.92 Å². The van der Waals surface area contributed by atoms with Gasteiger partial charge in [-0.2, -0.15) is 0 Å². The number of rotatable bonds is 3. The number of ether oxygens (including phenoxy) is 1. The van der Waals surface area contributed by atoms with Gasteiger partial charge in [0.1, 0.15) is 12.4 Å². The smallest absolute Gasteiger partial charge is 0.120 e. The summed E-state index contributed by atoms with van der Waals surface area (Å²) in [6.45, 7) is 2.57. The third kappa shape index (κ3) is 2.89. The molecule has 0 amide bonds. The summed E-state index contributed by atoms with van der Waals surface area (Å²) in [5.41, 5.74) is 3.14. The summed E-state index contributed by atoms with van der Waals surface area (Å²) in [6.07, 6.45) is 5.37. The molecule has 0 bridgehead atoms. The molecule has 0 fully saturated rings. The van der Waals surface area contributed by atoms with Crippen LogP contribution in [-0.2, 0) is 6.61 Å². The first-order valence-electron chi connectivity index (χ1n) is 5.53. The van der Waals surface area contributed by atoms with Gasteiger partial charge in [0, 0.05) is 5.56 Å². The van der Waals surface area contributed by atoms with Crippen LogP contribution in [0.25, 0.3) is 0 Å². The molecule has 1 nitrogen and oxygen atoms in total. The Kier molecular flexibility index (Phi) is 3.47. The van der Waals surface area contributed by atoms with Gasteiger partial charge in [-0.25, -0.2) is 0 Å². The Hall–Kier alpha value is -2.20. The van der Waals surface area contributed by atoms with Gasteiger partial charge in [-0.1, -0.05) is 36.3 Å². The Balaban J connectivity index is 2.06. The van der Waals surface area contributed by atoms with Crippen molar-refractivity contribution in [3.63, 3.8) is 0 Å². The summed E-state index contributed by atoms with van der Waals surface area (Å²) in [6, 6.07) is 15.9. The second kappa shape index (κ2) is 5.23. The summed E-state index contributed by atoms with van der Waals surface area (Å²) < 4.78 is 5.70. The van der Waals surface area contributed by atoms with E-state index in [-0.39, 0.29) is 0 Å². The van der Waals surface area contributed by atoms with E-state index in [9.17, 15) is 0 Å². The molecule has 0 atom stereocenters. The first-order valence-corrected chi connectivity index (χ1v) is 5.53. The van der Waals surface area contributed by atoms with E-state index in [1.165, 1.54) is 0 Å². The Morgan fingerprint density at radius 1 is 1.12 bits per heavy atom. The highest BCUT2D eigenvalue weighted by Gasteiger charge is 1.99. The molecule has 0 aliphatic heterocycles. The predicted molar refractivity (Wildman–Crippen MR) is 69.9 cm³/mol. The Morgan fingerprint density at radius 3 is 2.53 bits per heavy atom. The molecule has 0 aromatic heterocycles. The van der Waals surface area contributed by atoms with E-state index in [0.717, 1.165) is 22.4 Å². The highest BCUT2D eigenvalue weighted by Crippen LogP contribution is 2.17. The van der Waals surface area contributed by atoms with Crippen molar-refractivity contribution in [1.29, 1.82) is 0 Å². The lowest BCUT2D eigenvalue weighted by atomic mass is 10.1. The van der Waals surface area contributed by atoms with Crippen LogP contribution in [0.15, 0.2) is 48.5 Å². The zero-order valence-electron chi connectivity index (χ0n) is 9.81. The van der Waals surface area contributed by atoms with Gasteiger partial charge in [0.25, 0.3) is 0 Å². The van der Waals surface area contributed by atoms with Crippen LogP contribution in [0.4, 0.5) is 0 Å². The third-order valence-corrected chi connectivity index (χ3v) is 2.60. The van der Waals surface area contributed by atoms with Crippen LogP contribution in [0.1, 0.15) is 16.7 Å². The largest absolute Gasteiger partial charge is 0.489 e. The van der Waals surface area contributed by atoms with E-state index >= 15 is 0 Å². The molecule has 0 aliphatic carbocycles. The molecule has 84 valence electrons. The summed E-state index contributed by atoms with van der Waals surface area (Å²) >= 11 is 0. The van der Waals surface area contributed by atoms with Gasteiger partial charge in [0.2, 0.25) is 0 Å². The van der Waals surface area contributed by atoms with Crippen molar-refractivity contribution >= 4 is 0 Å². The van der Waals surface area contributed by atoms with Crippen LogP contribution in [0.3, 0.4) is 0 Å². The molecular formula is C16H14O. The maximum atomic E-state index is 5.70. The van der Waals surface area contributed by atoms with Crippen molar-refractivity contribution in [2.75, 3.05) is 0 Å². The van der Waals surface area contributed by atoms with Gasteiger partial charge in [0.05, 0.1) is 0 Å². The fourth-order valence-electron chi connectivity index (χ4n) is 1.63. The molecule has 2 aromatic rings. The second-order valence-electron chi connectivity index (χ2n) is 3.90. The minimum atomic E-state index is 0.579. The molecule has 2 aromatic carbocycles. The van der Waals surface area contributed by atoms with Gasteiger partial charge < -0.3 is 4.74 Å². The van der Waals surface area contributed by atoms with Crippen LogP contribution in [-0.4, -0.2) is 0 Å². The predicted octanol–water partition coefficient (Wildman–Crippen LogP) is 3.56. The van der Waals surface area contributed by atoms with E-state index in [4.69, 9.17) is 11.2 Å². The summed E-state index contributed by atoms with van der Waals surface area (Å²) in [5, 5.41) is 0. The molecule has 2 rings (SSSR count). The minimum absolute atomic E-state index is 0.579. The van der Waals surface area contributed by atoms with Gasteiger partial charge in [-0.3, -0.25) is 0 Å². The topological polar surface area (TPSA) is 9.23 Å². The molecule has 0 radical (unpaired) electrons.